The van der Waals surface area contributed by atoms with Crippen LogP contribution in [0.2, 0.25) is 0 Å². The minimum atomic E-state index is -3.87. The van der Waals surface area contributed by atoms with E-state index in [1.807, 2.05) is 20.8 Å². The fraction of sp³-hybridized carbons (Fsp3) is 0.333. The predicted molar refractivity (Wildman–Crippen MR) is 112 cm³/mol. The highest BCUT2D eigenvalue weighted by atomic mass is 32.2. The van der Waals surface area contributed by atoms with Crippen molar-refractivity contribution >= 4 is 38.2 Å². The summed E-state index contributed by atoms with van der Waals surface area (Å²) < 4.78 is 28.5. The molecule has 0 radical (unpaired) electrons. The Balaban J connectivity index is 1.92. The zero-order chi connectivity index (χ0) is 21.3. The van der Waals surface area contributed by atoms with Crippen LogP contribution >= 0.6 is 11.3 Å². The second-order valence-corrected chi connectivity index (χ2v) is 9.82. The van der Waals surface area contributed by atoms with Crippen LogP contribution in [0, 0.1) is 6.92 Å². The Labute approximate surface area is 173 Å². The Morgan fingerprint density at radius 2 is 1.86 bits per heavy atom. The van der Waals surface area contributed by atoms with Crippen LogP contribution < -0.4 is 9.62 Å². The first-order chi connectivity index (χ1) is 13.6. The van der Waals surface area contributed by atoms with Crippen molar-refractivity contribution in [1.29, 1.82) is 0 Å². The van der Waals surface area contributed by atoms with Crippen molar-refractivity contribution in [3.63, 3.8) is 0 Å². The highest BCUT2D eigenvalue weighted by Gasteiger charge is 2.29. The summed E-state index contributed by atoms with van der Waals surface area (Å²) in [7, 11) is -0.898. The molecule has 3 aromatic rings. The van der Waals surface area contributed by atoms with Gasteiger partial charge in [-0.15, -0.1) is 10.2 Å². The molecule has 154 valence electrons. The molecule has 2 aromatic heterocycles. The number of amides is 1. The molecule has 0 saturated heterocycles. The molecule has 0 atom stereocenters. The number of carbonyl (C=O) groups is 1. The molecular formula is C18H22N6O3S2. The summed E-state index contributed by atoms with van der Waals surface area (Å²) in [5.41, 5.74) is 1.07. The van der Waals surface area contributed by atoms with E-state index in [0.29, 0.717) is 5.13 Å². The average molecular weight is 435 g/mol. The summed E-state index contributed by atoms with van der Waals surface area (Å²) in [5.74, 6) is -0.167. The summed E-state index contributed by atoms with van der Waals surface area (Å²) in [6, 6.07) is 6.51. The number of rotatable bonds is 6. The average Bonchev–Trinajstić information content (AvgIpc) is 3.28. The Morgan fingerprint density at radius 3 is 2.45 bits per heavy atom. The van der Waals surface area contributed by atoms with Crippen LogP contribution in [-0.2, 0) is 17.1 Å². The lowest BCUT2D eigenvalue weighted by atomic mass is 10.2. The fourth-order valence-electron chi connectivity index (χ4n) is 2.63. The van der Waals surface area contributed by atoms with Crippen LogP contribution in [0.1, 0.15) is 40.7 Å². The smallest absolute Gasteiger partial charge is 0.265 e. The Hall–Kier alpha value is -2.79. The third kappa shape index (κ3) is 4.15. The van der Waals surface area contributed by atoms with E-state index in [1.54, 1.807) is 19.2 Å². The third-order valence-electron chi connectivity index (χ3n) is 4.28. The molecule has 1 amide bonds. The number of carbonyl (C=O) groups excluding carboxylic acids is 1. The van der Waals surface area contributed by atoms with Crippen molar-refractivity contribution in [3.8, 4) is 0 Å². The molecule has 1 N–H and O–H groups in total. The number of sulfonamides is 1. The molecule has 2 heterocycles. The van der Waals surface area contributed by atoms with Gasteiger partial charge in [-0.2, -0.15) is 5.10 Å². The van der Waals surface area contributed by atoms with Gasteiger partial charge in [-0.3, -0.25) is 19.1 Å². The number of benzene rings is 1. The number of anilines is 2. The summed E-state index contributed by atoms with van der Waals surface area (Å²) in [6.45, 7) is 5.84. The molecule has 0 spiro atoms. The van der Waals surface area contributed by atoms with Gasteiger partial charge in [0.15, 0.2) is 5.82 Å². The van der Waals surface area contributed by atoms with Crippen molar-refractivity contribution in [2.45, 2.75) is 31.6 Å². The van der Waals surface area contributed by atoms with Gasteiger partial charge in [0, 0.05) is 20.0 Å². The number of nitrogens with one attached hydrogen (secondary N) is 1. The van der Waals surface area contributed by atoms with Crippen molar-refractivity contribution < 1.29 is 13.2 Å². The summed E-state index contributed by atoms with van der Waals surface area (Å²) >= 11 is 1.28. The maximum atomic E-state index is 13.0. The monoisotopic (exact) mass is 434 g/mol. The van der Waals surface area contributed by atoms with Crippen LogP contribution in [0.5, 0.6) is 0 Å². The van der Waals surface area contributed by atoms with Gasteiger partial charge >= 0.3 is 0 Å². The first kappa shape index (κ1) is 20.9. The maximum Gasteiger partial charge on any atom is 0.265 e. The lowest BCUT2D eigenvalue weighted by molar-refractivity contribution is 0.102. The molecule has 0 bridgehead atoms. The molecule has 1 aromatic carbocycles. The molecule has 0 aliphatic heterocycles. The number of aryl methyl sites for hydroxylation is 2. The van der Waals surface area contributed by atoms with Crippen LogP contribution in [0.3, 0.4) is 0 Å². The van der Waals surface area contributed by atoms with Gasteiger partial charge in [-0.1, -0.05) is 42.9 Å². The molecule has 0 unspecified atom stereocenters. The summed E-state index contributed by atoms with van der Waals surface area (Å²) in [6.07, 6.45) is 1.33. The molecule has 0 saturated carbocycles. The standard InChI is InChI=1S/C18H22N6O3S2/c1-11(2)16-21-22-18(28-16)20-15(25)14-10-19-23(4)17(14)24(5)29(26,27)13-8-6-12(3)7-9-13/h6-11H,1-5H3,(H,20,22,25). The number of hydrogen-bond acceptors (Lipinski definition) is 7. The molecule has 29 heavy (non-hydrogen) atoms. The van der Waals surface area contributed by atoms with Gasteiger partial charge in [0.05, 0.1) is 11.1 Å². The normalized spacial score (nSPS) is 11.7. The van der Waals surface area contributed by atoms with Crippen LogP contribution in [0.25, 0.3) is 0 Å². The van der Waals surface area contributed by atoms with Crippen molar-refractivity contribution in [2.75, 3.05) is 16.7 Å². The molecular weight excluding hydrogens is 412 g/mol. The zero-order valence-electron chi connectivity index (χ0n) is 16.7. The first-order valence-corrected chi connectivity index (χ1v) is 11.1. The molecule has 9 nitrogen and oxygen atoms in total. The quantitative estimate of drug-likeness (QED) is 0.639. The van der Waals surface area contributed by atoms with Crippen LogP contribution in [0.4, 0.5) is 10.9 Å². The number of hydrogen-bond donors (Lipinski definition) is 1. The Morgan fingerprint density at radius 1 is 1.21 bits per heavy atom. The van der Waals surface area contributed by atoms with E-state index in [-0.39, 0.29) is 22.2 Å². The highest BCUT2D eigenvalue weighted by molar-refractivity contribution is 7.92. The summed E-state index contributed by atoms with van der Waals surface area (Å²) in [4.78, 5) is 12.9. The van der Waals surface area contributed by atoms with Crippen molar-refractivity contribution in [3.05, 3.63) is 46.6 Å². The van der Waals surface area contributed by atoms with E-state index in [1.165, 1.54) is 41.4 Å². The van der Waals surface area contributed by atoms with E-state index < -0.39 is 15.9 Å². The highest BCUT2D eigenvalue weighted by Crippen LogP contribution is 2.27. The van der Waals surface area contributed by atoms with Gasteiger partial charge in [-0.05, 0) is 19.1 Å². The van der Waals surface area contributed by atoms with E-state index >= 15 is 0 Å². The Bertz CT molecular complexity index is 1130. The molecule has 0 aliphatic rings. The second-order valence-electron chi connectivity index (χ2n) is 6.85. The topological polar surface area (TPSA) is 110 Å². The van der Waals surface area contributed by atoms with Crippen molar-refractivity contribution in [1.82, 2.24) is 20.0 Å². The zero-order valence-corrected chi connectivity index (χ0v) is 18.4. The molecule has 3 rings (SSSR count). The van der Waals surface area contributed by atoms with Crippen LogP contribution in [0.15, 0.2) is 35.4 Å². The lowest BCUT2D eigenvalue weighted by Gasteiger charge is -2.20. The minimum Gasteiger partial charge on any atom is -0.296 e. The Kier molecular flexibility index (Phi) is 5.71. The molecule has 0 aliphatic carbocycles. The lowest BCUT2D eigenvalue weighted by Crippen LogP contribution is -2.30. The molecule has 0 fully saturated rings. The predicted octanol–water partition coefficient (Wildman–Crippen LogP) is 2.78. The number of nitrogens with zero attached hydrogens (tertiary/aromatic N) is 5. The van der Waals surface area contributed by atoms with E-state index in [0.717, 1.165) is 14.9 Å². The van der Waals surface area contributed by atoms with Gasteiger partial charge < -0.3 is 0 Å². The maximum absolute atomic E-state index is 13.0. The SMILES string of the molecule is Cc1ccc(S(=O)(=O)N(C)c2c(C(=O)Nc3nnc(C(C)C)s3)cnn2C)cc1. The van der Waals surface area contributed by atoms with Gasteiger partial charge in [-0.25, -0.2) is 8.42 Å². The first-order valence-electron chi connectivity index (χ1n) is 8.83. The van der Waals surface area contributed by atoms with Crippen molar-refractivity contribution in [2.24, 2.45) is 7.05 Å². The fourth-order valence-corrected chi connectivity index (χ4v) is 4.61. The largest absolute Gasteiger partial charge is 0.296 e. The van der Waals surface area contributed by atoms with Crippen LogP contribution in [-0.4, -0.2) is 41.4 Å². The number of aromatic nitrogens is 4. The second kappa shape index (κ2) is 7.91. The third-order valence-corrected chi connectivity index (χ3v) is 7.19. The van der Waals surface area contributed by atoms with E-state index in [4.69, 9.17) is 0 Å². The van der Waals surface area contributed by atoms with E-state index in [9.17, 15) is 13.2 Å². The molecule has 11 heteroatoms. The van der Waals surface area contributed by atoms with Gasteiger partial charge in [0.1, 0.15) is 10.6 Å². The summed E-state index contributed by atoms with van der Waals surface area (Å²) in [5, 5.41) is 15.9. The van der Waals surface area contributed by atoms with Gasteiger partial charge in [0.2, 0.25) is 5.13 Å². The van der Waals surface area contributed by atoms with Gasteiger partial charge in [0.25, 0.3) is 15.9 Å². The minimum absolute atomic E-state index is 0.118. The van der Waals surface area contributed by atoms with E-state index in [2.05, 4.69) is 20.6 Å².